The molecular formula is C22H34FN5O. The van der Waals surface area contributed by atoms with Crippen molar-refractivity contribution in [3.05, 3.63) is 29.6 Å². The van der Waals surface area contributed by atoms with Crippen LogP contribution in [0.4, 0.5) is 10.1 Å². The minimum atomic E-state index is -0.151. The second-order valence-corrected chi connectivity index (χ2v) is 8.26. The molecule has 1 aromatic carbocycles. The number of hydrogen-bond donors (Lipinski definition) is 2. The SMILES string of the molecule is CCNC(=NCc1ccc(N2CCN(CC)CC2)c(F)c1)NC1CC2CCC1O2. The van der Waals surface area contributed by atoms with Gasteiger partial charge in [-0.2, -0.15) is 0 Å². The van der Waals surface area contributed by atoms with Crippen molar-refractivity contribution in [2.45, 2.75) is 57.9 Å². The van der Waals surface area contributed by atoms with Crippen molar-refractivity contribution in [1.82, 2.24) is 15.5 Å². The second-order valence-electron chi connectivity index (χ2n) is 8.26. The van der Waals surface area contributed by atoms with Crippen molar-refractivity contribution < 1.29 is 9.13 Å². The molecule has 1 aromatic rings. The lowest BCUT2D eigenvalue weighted by Crippen LogP contribution is -2.47. The molecule has 4 rings (SSSR count). The molecule has 2 N–H and O–H groups in total. The van der Waals surface area contributed by atoms with E-state index in [0.29, 0.717) is 30.5 Å². The molecule has 0 aliphatic carbocycles. The molecule has 29 heavy (non-hydrogen) atoms. The fourth-order valence-corrected chi connectivity index (χ4v) is 4.67. The maximum Gasteiger partial charge on any atom is 0.191 e. The van der Waals surface area contributed by atoms with Gasteiger partial charge in [-0.15, -0.1) is 0 Å². The van der Waals surface area contributed by atoms with Crippen LogP contribution < -0.4 is 15.5 Å². The fraction of sp³-hybridized carbons (Fsp3) is 0.682. The Morgan fingerprint density at radius 3 is 2.66 bits per heavy atom. The molecule has 0 amide bonds. The van der Waals surface area contributed by atoms with E-state index >= 15 is 0 Å². The van der Waals surface area contributed by atoms with E-state index in [1.807, 2.05) is 12.1 Å². The first-order valence-corrected chi connectivity index (χ1v) is 11.1. The van der Waals surface area contributed by atoms with Gasteiger partial charge in [0.25, 0.3) is 0 Å². The molecule has 3 heterocycles. The number of ether oxygens (including phenoxy) is 1. The van der Waals surface area contributed by atoms with Gasteiger partial charge in [0, 0.05) is 32.7 Å². The summed E-state index contributed by atoms with van der Waals surface area (Å²) in [6.07, 6.45) is 4.05. The van der Waals surface area contributed by atoms with Gasteiger partial charge in [0.15, 0.2) is 5.96 Å². The van der Waals surface area contributed by atoms with Crippen LogP contribution >= 0.6 is 0 Å². The number of piperazine rings is 1. The van der Waals surface area contributed by atoms with Crippen molar-refractivity contribution in [2.24, 2.45) is 4.99 Å². The van der Waals surface area contributed by atoms with Crippen LogP contribution in [0.5, 0.6) is 0 Å². The Morgan fingerprint density at radius 1 is 1.21 bits per heavy atom. The Kier molecular flexibility index (Phi) is 6.55. The van der Waals surface area contributed by atoms with Crippen molar-refractivity contribution in [3.63, 3.8) is 0 Å². The first-order chi connectivity index (χ1) is 14.2. The van der Waals surface area contributed by atoms with Gasteiger partial charge in [-0.05, 0) is 50.4 Å². The van der Waals surface area contributed by atoms with E-state index in [4.69, 9.17) is 4.74 Å². The summed E-state index contributed by atoms with van der Waals surface area (Å²) in [4.78, 5) is 9.23. The van der Waals surface area contributed by atoms with Crippen molar-refractivity contribution in [2.75, 3.05) is 44.2 Å². The zero-order valence-corrected chi connectivity index (χ0v) is 17.7. The summed E-state index contributed by atoms with van der Waals surface area (Å²) >= 11 is 0. The number of guanidine groups is 1. The van der Waals surface area contributed by atoms with Gasteiger partial charge in [-0.1, -0.05) is 13.0 Å². The predicted octanol–water partition coefficient (Wildman–Crippen LogP) is 2.34. The first-order valence-electron chi connectivity index (χ1n) is 11.1. The summed E-state index contributed by atoms with van der Waals surface area (Å²) in [5.74, 6) is 0.635. The van der Waals surface area contributed by atoms with E-state index in [2.05, 4.69) is 39.3 Å². The highest BCUT2D eigenvalue weighted by molar-refractivity contribution is 5.80. The largest absolute Gasteiger partial charge is 0.373 e. The zero-order chi connectivity index (χ0) is 20.2. The highest BCUT2D eigenvalue weighted by Gasteiger charge is 2.41. The van der Waals surface area contributed by atoms with Gasteiger partial charge in [-0.25, -0.2) is 9.38 Å². The van der Waals surface area contributed by atoms with Crippen LogP contribution in [-0.4, -0.2) is 68.4 Å². The van der Waals surface area contributed by atoms with E-state index in [1.54, 1.807) is 6.07 Å². The molecule has 3 fully saturated rings. The number of rotatable bonds is 6. The molecule has 0 aromatic heterocycles. The van der Waals surface area contributed by atoms with Crippen LogP contribution in [0.2, 0.25) is 0 Å². The summed E-state index contributed by atoms with van der Waals surface area (Å²) in [6.45, 7) is 10.3. The third-order valence-corrected chi connectivity index (χ3v) is 6.36. The lowest BCUT2D eigenvalue weighted by Gasteiger charge is -2.35. The summed E-state index contributed by atoms with van der Waals surface area (Å²) in [5.41, 5.74) is 1.59. The van der Waals surface area contributed by atoms with E-state index in [1.165, 1.54) is 6.42 Å². The van der Waals surface area contributed by atoms with Crippen molar-refractivity contribution in [1.29, 1.82) is 0 Å². The van der Waals surface area contributed by atoms with Gasteiger partial charge in [-0.3, -0.25) is 0 Å². The molecule has 3 atom stereocenters. The summed E-state index contributed by atoms with van der Waals surface area (Å²) in [5, 5.41) is 6.82. The van der Waals surface area contributed by atoms with E-state index < -0.39 is 0 Å². The molecule has 2 bridgehead atoms. The number of hydrogen-bond acceptors (Lipinski definition) is 4. The third kappa shape index (κ3) is 4.83. The molecule has 6 nitrogen and oxygen atoms in total. The average molecular weight is 404 g/mol. The Bertz CT molecular complexity index is 719. The predicted molar refractivity (Wildman–Crippen MR) is 115 cm³/mol. The van der Waals surface area contributed by atoms with E-state index in [9.17, 15) is 4.39 Å². The number of anilines is 1. The third-order valence-electron chi connectivity index (χ3n) is 6.36. The van der Waals surface area contributed by atoms with Gasteiger partial charge in [0.1, 0.15) is 5.82 Å². The van der Waals surface area contributed by atoms with E-state index in [-0.39, 0.29) is 5.82 Å². The number of aliphatic imine (C=N–C) groups is 1. The molecule has 0 radical (unpaired) electrons. The van der Waals surface area contributed by atoms with Gasteiger partial charge >= 0.3 is 0 Å². The molecular weight excluding hydrogens is 369 g/mol. The van der Waals surface area contributed by atoms with Crippen LogP contribution in [0, 0.1) is 5.82 Å². The normalized spacial score (nSPS) is 27.5. The molecule has 3 aliphatic rings. The average Bonchev–Trinajstić information content (AvgIpc) is 3.36. The number of nitrogens with zero attached hydrogens (tertiary/aromatic N) is 3. The number of halogens is 1. The number of likely N-dealkylation sites (N-methyl/N-ethyl adjacent to an activating group) is 1. The maximum atomic E-state index is 14.8. The Hall–Kier alpha value is -1.86. The smallest absolute Gasteiger partial charge is 0.191 e. The minimum Gasteiger partial charge on any atom is -0.373 e. The van der Waals surface area contributed by atoms with Crippen LogP contribution in [0.15, 0.2) is 23.2 Å². The molecule has 3 saturated heterocycles. The van der Waals surface area contributed by atoms with Crippen LogP contribution in [0.25, 0.3) is 0 Å². The standard InChI is InChI=1S/C22H34FN5O/c1-3-24-22(26-19-14-17-6-8-21(19)29-17)25-15-16-5-7-20(18(23)13-16)28-11-9-27(4-2)10-12-28/h5,7,13,17,19,21H,3-4,6,8-12,14-15H2,1-2H3,(H2,24,25,26). The quantitative estimate of drug-likeness (QED) is 0.564. The van der Waals surface area contributed by atoms with Crippen molar-refractivity contribution >= 4 is 11.6 Å². The Labute approximate surface area is 173 Å². The van der Waals surface area contributed by atoms with Crippen LogP contribution in [0.1, 0.15) is 38.7 Å². The molecule has 0 spiro atoms. The molecule has 0 saturated carbocycles. The molecule has 7 heteroatoms. The molecule has 160 valence electrons. The lowest BCUT2D eigenvalue weighted by atomic mass is 9.96. The topological polar surface area (TPSA) is 52.1 Å². The number of benzene rings is 1. The Balaban J connectivity index is 1.37. The molecule has 3 unspecified atom stereocenters. The second kappa shape index (κ2) is 9.30. The number of nitrogens with one attached hydrogen (secondary N) is 2. The van der Waals surface area contributed by atoms with E-state index in [0.717, 1.165) is 63.6 Å². The lowest BCUT2D eigenvalue weighted by molar-refractivity contribution is 0.0992. The fourth-order valence-electron chi connectivity index (χ4n) is 4.67. The summed E-state index contributed by atoms with van der Waals surface area (Å²) in [6, 6.07) is 5.87. The summed E-state index contributed by atoms with van der Waals surface area (Å²) < 4.78 is 20.7. The minimum absolute atomic E-state index is 0.151. The van der Waals surface area contributed by atoms with Gasteiger partial charge in [0.05, 0.1) is 30.5 Å². The zero-order valence-electron chi connectivity index (χ0n) is 17.7. The Morgan fingerprint density at radius 2 is 2.03 bits per heavy atom. The van der Waals surface area contributed by atoms with Crippen LogP contribution in [0.3, 0.4) is 0 Å². The monoisotopic (exact) mass is 403 g/mol. The van der Waals surface area contributed by atoms with Crippen LogP contribution in [-0.2, 0) is 11.3 Å². The number of fused-ring (bicyclic) bond motifs is 2. The molecule has 3 aliphatic heterocycles. The van der Waals surface area contributed by atoms with Gasteiger partial charge in [0.2, 0.25) is 0 Å². The maximum absolute atomic E-state index is 14.8. The summed E-state index contributed by atoms with van der Waals surface area (Å²) in [7, 11) is 0. The van der Waals surface area contributed by atoms with Crippen molar-refractivity contribution in [3.8, 4) is 0 Å². The van der Waals surface area contributed by atoms with Gasteiger partial charge < -0.3 is 25.2 Å². The first kappa shape index (κ1) is 20.4. The highest BCUT2D eigenvalue weighted by atomic mass is 19.1. The highest BCUT2D eigenvalue weighted by Crippen LogP contribution is 2.34.